The van der Waals surface area contributed by atoms with Gasteiger partial charge >= 0.3 is 0 Å². The van der Waals surface area contributed by atoms with Gasteiger partial charge in [-0.25, -0.2) is 0 Å². The van der Waals surface area contributed by atoms with Gasteiger partial charge in [0, 0.05) is 17.5 Å². The van der Waals surface area contributed by atoms with Gasteiger partial charge in [-0.05, 0) is 38.8 Å². The lowest BCUT2D eigenvalue weighted by Crippen LogP contribution is -2.47. The Kier molecular flexibility index (Phi) is 7.00. The van der Waals surface area contributed by atoms with Crippen LogP contribution in [-0.4, -0.2) is 53.8 Å². The van der Waals surface area contributed by atoms with Gasteiger partial charge in [-0.3, -0.25) is 9.69 Å². The molecule has 0 saturated heterocycles. The van der Waals surface area contributed by atoms with Gasteiger partial charge in [-0.1, -0.05) is 43.3 Å². The van der Waals surface area contributed by atoms with E-state index in [0.717, 1.165) is 16.5 Å². The number of hydrogen-bond donors (Lipinski definition) is 2. The number of rotatable bonds is 8. The zero-order valence-electron chi connectivity index (χ0n) is 16.2. The molecule has 2 N–H and O–H groups in total. The van der Waals surface area contributed by atoms with E-state index in [-0.39, 0.29) is 24.6 Å². The molecule has 2 aromatic carbocycles. The van der Waals surface area contributed by atoms with Crippen LogP contribution in [0.2, 0.25) is 0 Å². The molecule has 26 heavy (non-hydrogen) atoms. The molecule has 0 aliphatic rings. The fourth-order valence-corrected chi connectivity index (χ4v) is 2.82. The van der Waals surface area contributed by atoms with Crippen LogP contribution in [0.4, 0.5) is 0 Å². The maximum Gasteiger partial charge on any atom is 0.234 e. The fourth-order valence-electron chi connectivity index (χ4n) is 2.82. The maximum atomic E-state index is 12.1. The van der Waals surface area contributed by atoms with Gasteiger partial charge in [-0.2, -0.15) is 0 Å². The first-order valence-electron chi connectivity index (χ1n) is 9.10. The summed E-state index contributed by atoms with van der Waals surface area (Å²) in [7, 11) is 0. The average molecular weight is 358 g/mol. The van der Waals surface area contributed by atoms with Crippen molar-refractivity contribution in [2.75, 3.05) is 26.2 Å². The largest absolute Gasteiger partial charge is 0.490 e. The van der Waals surface area contributed by atoms with Gasteiger partial charge in [0.1, 0.15) is 18.5 Å². The lowest BCUT2D eigenvalue weighted by atomic mass is 10.1. The first-order valence-corrected chi connectivity index (χ1v) is 9.10. The smallest absolute Gasteiger partial charge is 0.234 e. The Morgan fingerprint density at radius 2 is 1.88 bits per heavy atom. The minimum absolute atomic E-state index is 0.0403. The van der Waals surface area contributed by atoms with Gasteiger partial charge in [-0.15, -0.1) is 0 Å². The van der Waals surface area contributed by atoms with Crippen molar-refractivity contribution < 1.29 is 14.6 Å². The molecule has 0 saturated carbocycles. The first kappa shape index (κ1) is 20.2. The van der Waals surface area contributed by atoms with E-state index in [4.69, 9.17) is 4.74 Å². The highest BCUT2D eigenvalue weighted by Crippen LogP contribution is 2.25. The van der Waals surface area contributed by atoms with E-state index in [1.165, 1.54) is 0 Å². The molecule has 5 nitrogen and oxygen atoms in total. The number of amides is 1. The van der Waals surface area contributed by atoms with E-state index in [1.807, 2.05) is 75.1 Å². The van der Waals surface area contributed by atoms with Crippen LogP contribution >= 0.6 is 0 Å². The van der Waals surface area contributed by atoms with Crippen LogP contribution in [0.15, 0.2) is 42.5 Å². The molecule has 0 spiro atoms. The number of carbonyl (C=O) groups is 1. The van der Waals surface area contributed by atoms with E-state index in [0.29, 0.717) is 13.1 Å². The minimum atomic E-state index is -0.670. The number of hydrogen-bond acceptors (Lipinski definition) is 4. The number of fused-ring (bicyclic) bond motifs is 1. The van der Waals surface area contributed by atoms with Gasteiger partial charge in [0.2, 0.25) is 5.91 Å². The molecule has 2 rings (SSSR count). The molecule has 0 bridgehead atoms. The van der Waals surface area contributed by atoms with Crippen LogP contribution in [0.1, 0.15) is 27.7 Å². The lowest BCUT2D eigenvalue weighted by Gasteiger charge is -2.26. The third kappa shape index (κ3) is 6.32. The van der Waals surface area contributed by atoms with Crippen molar-refractivity contribution in [1.29, 1.82) is 0 Å². The molecule has 1 amide bonds. The van der Waals surface area contributed by atoms with Crippen molar-refractivity contribution in [3.63, 3.8) is 0 Å². The van der Waals surface area contributed by atoms with Gasteiger partial charge in [0.05, 0.1) is 6.54 Å². The predicted molar refractivity (Wildman–Crippen MR) is 105 cm³/mol. The number of ether oxygens (including phenoxy) is 1. The Morgan fingerprint density at radius 1 is 1.19 bits per heavy atom. The summed E-state index contributed by atoms with van der Waals surface area (Å²) in [4.78, 5) is 14.0. The first-order chi connectivity index (χ1) is 12.3. The van der Waals surface area contributed by atoms with E-state index in [9.17, 15) is 9.90 Å². The van der Waals surface area contributed by atoms with Gasteiger partial charge in [0.25, 0.3) is 0 Å². The summed E-state index contributed by atoms with van der Waals surface area (Å²) in [6.45, 7) is 9.35. The van der Waals surface area contributed by atoms with Crippen LogP contribution in [0.25, 0.3) is 10.8 Å². The Labute approximate surface area is 156 Å². The SMILES string of the molecule is CCN(CC(=O)NC(C)(C)C)CC(O)COc1cccc2ccccc12. The summed E-state index contributed by atoms with van der Waals surface area (Å²) in [5, 5.41) is 15.4. The summed E-state index contributed by atoms with van der Waals surface area (Å²) in [5.74, 6) is 0.720. The molecule has 0 aliphatic heterocycles. The average Bonchev–Trinajstić information content (AvgIpc) is 2.57. The van der Waals surface area contributed by atoms with Gasteiger partial charge < -0.3 is 15.2 Å². The van der Waals surface area contributed by atoms with E-state index >= 15 is 0 Å². The van der Waals surface area contributed by atoms with Crippen molar-refractivity contribution in [1.82, 2.24) is 10.2 Å². The summed E-state index contributed by atoms with van der Waals surface area (Å²) >= 11 is 0. The highest BCUT2D eigenvalue weighted by molar-refractivity contribution is 5.88. The van der Waals surface area contributed by atoms with Crippen LogP contribution in [-0.2, 0) is 4.79 Å². The standard InChI is InChI=1S/C21H30N2O3/c1-5-23(14-20(25)22-21(2,3)4)13-17(24)15-26-19-12-8-10-16-9-6-7-11-18(16)19/h6-12,17,24H,5,13-15H2,1-4H3,(H,22,25). The molecule has 142 valence electrons. The monoisotopic (exact) mass is 358 g/mol. The summed E-state index contributed by atoms with van der Waals surface area (Å²) in [5.41, 5.74) is -0.257. The normalized spacial score (nSPS) is 13.0. The van der Waals surface area contributed by atoms with Crippen LogP contribution in [0.3, 0.4) is 0 Å². The second-order valence-corrected chi connectivity index (χ2v) is 7.57. The zero-order valence-corrected chi connectivity index (χ0v) is 16.2. The Balaban J connectivity index is 1.88. The molecule has 2 aromatic rings. The van der Waals surface area contributed by atoms with Crippen LogP contribution < -0.4 is 10.1 Å². The van der Waals surface area contributed by atoms with Crippen molar-refractivity contribution in [2.24, 2.45) is 0 Å². The highest BCUT2D eigenvalue weighted by atomic mass is 16.5. The number of likely N-dealkylation sites (N-methyl/N-ethyl adjacent to an activating group) is 1. The molecule has 0 aromatic heterocycles. The highest BCUT2D eigenvalue weighted by Gasteiger charge is 2.18. The number of nitrogens with one attached hydrogen (secondary N) is 1. The number of aliphatic hydroxyl groups excluding tert-OH is 1. The molecular weight excluding hydrogens is 328 g/mol. The van der Waals surface area contributed by atoms with Crippen molar-refractivity contribution >= 4 is 16.7 Å². The summed E-state index contributed by atoms with van der Waals surface area (Å²) in [6.07, 6.45) is -0.670. The third-order valence-electron chi connectivity index (χ3n) is 3.98. The zero-order chi connectivity index (χ0) is 19.2. The Morgan fingerprint density at radius 3 is 2.58 bits per heavy atom. The van der Waals surface area contributed by atoms with Crippen molar-refractivity contribution in [3.05, 3.63) is 42.5 Å². The maximum absolute atomic E-state index is 12.1. The predicted octanol–water partition coefficient (Wildman–Crippen LogP) is 2.82. The van der Waals surface area contributed by atoms with Gasteiger partial charge in [0.15, 0.2) is 0 Å². The lowest BCUT2D eigenvalue weighted by molar-refractivity contribution is -0.124. The fraction of sp³-hybridized carbons (Fsp3) is 0.476. The number of aliphatic hydroxyl groups is 1. The molecule has 0 heterocycles. The van der Waals surface area contributed by atoms with E-state index in [2.05, 4.69) is 5.32 Å². The second kappa shape index (κ2) is 9.01. The molecular formula is C21H30N2O3. The Hall–Kier alpha value is -2.11. The van der Waals surface area contributed by atoms with E-state index in [1.54, 1.807) is 0 Å². The third-order valence-corrected chi connectivity index (χ3v) is 3.98. The molecule has 0 fully saturated rings. The second-order valence-electron chi connectivity index (χ2n) is 7.57. The molecule has 0 radical (unpaired) electrons. The van der Waals surface area contributed by atoms with E-state index < -0.39 is 6.10 Å². The molecule has 1 atom stereocenters. The topological polar surface area (TPSA) is 61.8 Å². The molecule has 1 unspecified atom stereocenters. The number of carbonyl (C=O) groups excluding carboxylic acids is 1. The number of benzene rings is 2. The summed E-state index contributed by atoms with van der Waals surface area (Å²) in [6, 6.07) is 13.9. The number of nitrogens with zero attached hydrogens (tertiary/aromatic N) is 1. The summed E-state index contributed by atoms with van der Waals surface area (Å²) < 4.78 is 5.83. The van der Waals surface area contributed by atoms with Crippen molar-refractivity contribution in [2.45, 2.75) is 39.3 Å². The minimum Gasteiger partial charge on any atom is -0.490 e. The Bertz CT molecular complexity index is 719. The van der Waals surface area contributed by atoms with Crippen LogP contribution in [0, 0.1) is 0 Å². The molecule has 0 aliphatic carbocycles. The quantitative estimate of drug-likeness (QED) is 0.762. The van der Waals surface area contributed by atoms with Crippen molar-refractivity contribution in [3.8, 4) is 5.75 Å². The molecule has 5 heteroatoms. The van der Waals surface area contributed by atoms with Crippen LogP contribution in [0.5, 0.6) is 5.75 Å².